The van der Waals surface area contributed by atoms with E-state index in [1.54, 1.807) is 18.3 Å². The van der Waals surface area contributed by atoms with Crippen LogP contribution < -0.4 is 10.2 Å². The number of amides is 1. The van der Waals surface area contributed by atoms with Crippen molar-refractivity contribution in [2.45, 2.75) is 19.4 Å². The molecule has 0 spiro atoms. The molecule has 1 aliphatic heterocycles. The fourth-order valence-corrected chi connectivity index (χ4v) is 2.55. The lowest BCUT2D eigenvalue weighted by Gasteiger charge is -2.17. The van der Waals surface area contributed by atoms with E-state index in [0.29, 0.717) is 18.2 Å². The SMILES string of the molecule is CC(=O)Nc1ccn([C@H]2CCN(c3ncccc3F)C2)n1. The van der Waals surface area contributed by atoms with Gasteiger partial charge in [-0.2, -0.15) is 5.10 Å². The van der Waals surface area contributed by atoms with Crippen molar-refractivity contribution in [2.75, 3.05) is 23.3 Å². The molecule has 2 aromatic rings. The summed E-state index contributed by atoms with van der Waals surface area (Å²) >= 11 is 0. The summed E-state index contributed by atoms with van der Waals surface area (Å²) < 4.78 is 15.6. The number of nitrogens with zero attached hydrogens (tertiary/aromatic N) is 4. The van der Waals surface area contributed by atoms with Crippen LogP contribution in [0.2, 0.25) is 0 Å². The number of hydrogen-bond acceptors (Lipinski definition) is 4. The quantitative estimate of drug-likeness (QED) is 0.936. The maximum Gasteiger partial charge on any atom is 0.222 e. The highest BCUT2D eigenvalue weighted by Gasteiger charge is 2.27. The number of halogens is 1. The second kappa shape index (κ2) is 5.51. The molecule has 2 aromatic heterocycles. The van der Waals surface area contributed by atoms with Gasteiger partial charge in [0, 0.05) is 38.5 Å². The zero-order valence-electron chi connectivity index (χ0n) is 11.7. The van der Waals surface area contributed by atoms with Gasteiger partial charge in [0.1, 0.15) is 0 Å². The summed E-state index contributed by atoms with van der Waals surface area (Å²) in [5, 5.41) is 6.97. The predicted octanol–water partition coefficient (Wildman–Crippen LogP) is 1.83. The average molecular weight is 289 g/mol. The molecule has 0 unspecified atom stereocenters. The minimum atomic E-state index is -0.308. The third-order valence-electron chi connectivity index (χ3n) is 3.49. The van der Waals surface area contributed by atoms with Crippen LogP contribution in [0.25, 0.3) is 0 Å². The minimum Gasteiger partial charge on any atom is -0.352 e. The molecule has 1 aliphatic rings. The minimum absolute atomic E-state index is 0.147. The Labute approximate surface area is 121 Å². The summed E-state index contributed by atoms with van der Waals surface area (Å²) in [6.07, 6.45) is 4.28. The van der Waals surface area contributed by atoms with Crippen LogP contribution in [0.1, 0.15) is 19.4 Å². The van der Waals surface area contributed by atoms with Crippen LogP contribution in [0.3, 0.4) is 0 Å². The molecule has 1 N–H and O–H groups in total. The number of pyridine rings is 1. The van der Waals surface area contributed by atoms with Crippen molar-refractivity contribution in [2.24, 2.45) is 0 Å². The Bertz CT molecular complexity index is 656. The summed E-state index contributed by atoms with van der Waals surface area (Å²) in [6.45, 7) is 2.82. The molecule has 3 heterocycles. The smallest absolute Gasteiger partial charge is 0.222 e. The van der Waals surface area contributed by atoms with Crippen LogP contribution in [0, 0.1) is 5.82 Å². The van der Waals surface area contributed by atoms with Gasteiger partial charge in [0.25, 0.3) is 0 Å². The Morgan fingerprint density at radius 3 is 3.10 bits per heavy atom. The average Bonchev–Trinajstić information content (AvgIpc) is 3.07. The number of carbonyl (C=O) groups is 1. The van der Waals surface area contributed by atoms with Crippen LogP contribution in [0.15, 0.2) is 30.6 Å². The molecule has 1 fully saturated rings. The first kappa shape index (κ1) is 13.5. The van der Waals surface area contributed by atoms with Gasteiger partial charge in [0.15, 0.2) is 17.5 Å². The highest BCUT2D eigenvalue weighted by molar-refractivity contribution is 5.87. The number of anilines is 2. The lowest BCUT2D eigenvalue weighted by Crippen LogP contribution is -2.23. The van der Waals surface area contributed by atoms with E-state index in [1.807, 2.05) is 15.8 Å². The Hall–Kier alpha value is -2.44. The topological polar surface area (TPSA) is 63.1 Å². The van der Waals surface area contributed by atoms with Gasteiger partial charge in [-0.1, -0.05) is 0 Å². The van der Waals surface area contributed by atoms with Gasteiger partial charge in [-0.15, -0.1) is 0 Å². The van der Waals surface area contributed by atoms with Gasteiger partial charge in [-0.25, -0.2) is 9.37 Å². The van der Waals surface area contributed by atoms with E-state index in [9.17, 15) is 9.18 Å². The zero-order chi connectivity index (χ0) is 14.8. The molecule has 110 valence electrons. The Morgan fingerprint density at radius 2 is 2.33 bits per heavy atom. The first-order valence-corrected chi connectivity index (χ1v) is 6.81. The van der Waals surface area contributed by atoms with Gasteiger partial charge in [0.05, 0.1) is 6.04 Å². The lowest BCUT2D eigenvalue weighted by atomic mass is 10.3. The first-order valence-electron chi connectivity index (χ1n) is 6.81. The van der Waals surface area contributed by atoms with Crippen LogP contribution in [0.5, 0.6) is 0 Å². The number of rotatable bonds is 3. The van der Waals surface area contributed by atoms with Crippen LogP contribution in [-0.2, 0) is 4.79 Å². The second-order valence-corrected chi connectivity index (χ2v) is 5.06. The fourth-order valence-electron chi connectivity index (χ4n) is 2.55. The molecule has 21 heavy (non-hydrogen) atoms. The van der Waals surface area contributed by atoms with Crippen molar-refractivity contribution in [3.63, 3.8) is 0 Å². The monoisotopic (exact) mass is 289 g/mol. The molecule has 1 saturated heterocycles. The van der Waals surface area contributed by atoms with E-state index in [1.165, 1.54) is 13.0 Å². The molecule has 6 nitrogen and oxygen atoms in total. The molecule has 0 bridgehead atoms. The highest BCUT2D eigenvalue weighted by Crippen LogP contribution is 2.27. The molecule has 1 amide bonds. The number of aromatic nitrogens is 3. The van der Waals surface area contributed by atoms with Crippen molar-refractivity contribution < 1.29 is 9.18 Å². The first-order chi connectivity index (χ1) is 10.1. The van der Waals surface area contributed by atoms with Crippen molar-refractivity contribution in [3.8, 4) is 0 Å². The molecule has 7 heteroatoms. The number of carbonyl (C=O) groups excluding carboxylic acids is 1. The molecular weight excluding hydrogens is 273 g/mol. The lowest BCUT2D eigenvalue weighted by molar-refractivity contribution is -0.114. The van der Waals surface area contributed by atoms with Crippen molar-refractivity contribution in [3.05, 3.63) is 36.4 Å². The normalized spacial score (nSPS) is 18.0. The maximum atomic E-state index is 13.7. The van der Waals surface area contributed by atoms with Crippen molar-refractivity contribution in [1.29, 1.82) is 0 Å². The predicted molar refractivity (Wildman–Crippen MR) is 76.6 cm³/mol. The van der Waals surface area contributed by atoms with E-state index in [-0.39, 0.29) is 17.8 Å². The van der Waals surface area contributed by atoms with Crippen molar-refractivity contribution >= 4 is 17.5 Å². The molecule has 3 rings (SSSR count). The summed E-state index contributed by atoms with van der Waals surface area (Å²) in [7, 11) is 0. The molecular formula is C14H16FN5O. The van der Waals surface area contributed by atoms with Crippen molar-refractivity contribution in [1.82, 2.24) is 14.8 Å². The van der Waals surface area contributed by atoms with Gasteiger partial charge < -0.3 is 10.2 Å². The van der Waals surface area contributed by atoms with Crippen LogP contribution in [0.4, 0.5) is 16.0 Å². The van der Waals surface area contributed by atoms with Gasteiger partial charge >= 0.3 is 0 Å². The van der Waals surface area contributed by atoms with E-state index in [0.717, 1.165) is 13.0 Å². The third kappa shape index (κ3) is 2.86. The van der Waals surface area contributed by atoms with E-state index in [4.69, 9.17) is 0 Å². The van der Waals surface area contributed by atoms with Gasteiger partial charge in [0.2, 0.25) is 5.91 Å². The largest absolute Gasteiger partial charge is 0.352 e. The second-order valence-electron chi connectivity index (χ2n) is 5.06. The van der Waals surface area contributed by atoms with E-state index >= 15 is 0 Å². The van der Waals surface area contributed by atoms with Crippen LogP contribution >= 0.6 is 0 Å². The van der Waals surface area contributed by atoms with Crippen LogP contribution in [-0.4, -0.2) is 33.8 Å². The van der Waals surface area contributed by atoms with E-state index in [2.05, 4.69) is 15.4 Å². The Morgan fingerprint density at radius 1 is 1.48 bits per heavy atom. The molecule has 0 aliphatic carbocycles. The Balaban J connectivity index is 1.71. The summed E-state index contributed by atoms with van der Waals surface area (Å²) in [5.41, 5.74) is 0. The zero-order valence-corrected chi connectivity index (χ0v) is 11.7. The molecule has 0 saturated carbocycles. The highest BCUT2D eigenvalue weighted by atomic mass is 19.1. The fraction of sp³-hybridized carbons (Fsp3) is 0.357. The summed E-state index contributed by atoms with van der Waals surface area (Å²) in [6, 6.07) is 4.90. The Kier molecular flexibility index (Phi) is 3.55. The molecule has 0 aromatic carbocycles. The molecule has 1 atom stereocenters. The number of nitrogens with one attached hydrogen (secondary N) is 1. The molecule has 0 radical (unpaired) electrons. The van der Waals surface area contributed by atoms with E-state index < -0.39 is 0 Å². The van der Waals surface area contributed by atoms with Gasteiger partial charge in [-0.3, -0.25) is 9.48 Å². The van der Waals surface area contributed by atoms with Gasteiger partial charge in [-0.05, 0) is 18.6 Å². The number of hydrogen-bond donors (Lipinski definition) is 1. The third-order valence-corrected chi connectivity index (χ3v) is 3.49. The maximum absolute atomic E-state index is 13.7. The summed E-state index contributed by atoms with van der Waals surface area (Å²) in [4.78, 5) is 17.0. The summed E-state index contributed by atoms with van der Waals surface area (Å²) in [5.74, 6) is 0.459. The standard InChI is InChI=1S/C14H16FN5O/c1-10(21)17-13-5-8-20(18-13)11-4-7-19(9-11)14-12(15)3-2-6-16-14/h2-3,5-6,8,11H,4,7,9H2,1H3,(H,17,18,21)/t11-/m0/s1.